The summed E-state index contributed by atoms with van der Waals surface area (Å²) >= 11 is 0. The van der Waals surface area contributed by atoms with Crippen LogP contribution in [0.2, 0.25) is 0 Å². The summed E-state index contributed by atoms with van der Waals surface area (Å²) in [5.74, 6) is -0.849. The van der Waals surface area contributed by atoms with Crippen LogP contribution in [0.15, 0.2) is 24.3 Å². The zero-order chi connectivity index (χ0) is 13.7. The summed E-state index contributed by atoms with van der Waals surface area (Å²) < 4.78 is 0. The van der Waals surface area contributed by atoms with E-state index in [0.717, 1.165) is 6.54 Å². The topological polar surface area (TPSA) is 40.5 Å². The predicted molar refractivity (Wildman–Crippen MR) is 76.5 cm³/mol. The van der Waals surface area contributed by atoms with E-state index in [1.807, 2.05) is 12.1 Å². The van der Waals surface area contributed by atoms with Gasteiger partial charge in [-0.15, -0.1) is 0 Å². The van der Waals surface area contributed by atoms with Crippen LogP contribution in [-0.4, -0.2) is 29.1 Å². The van der Waals surface area contributed by atoms with Crippen LogP contribution < -0.4 is 0 Å². The lowest BCUT2D eigenvalue weighted by atomic mass is 9.94. The molecule has 3 nitrogen and oxygen atoms in total. The van der Waals surface area contributed by atoms with E-state index in [-0.39, 0.29) is 0 Å². The highest BCUT2D eigenvalue weighted by Gasteiger charge is 2.23. The minimum absolute atomic E-state index is 0.375. The zero-order valence-electron chi connectivity index (χ0n) is 11.6. The molecule has 0 radical (unpaired) electrons. The molecule has 1 saturated heterocycles. The maximum absolute atomic E-state index is 10.9. The third kappa shape index (κ3) is 3.57. The molecule has 0 aromatic heterocycles. The number of unbranched alkanes of at least 4 members (excludes halogenated alkanes) is 1. The molecule has 1 aliphatic rings. The van der Waals surface area contributed by atoms with Crippen molar-refractivity contribution in [2.75, 3.05) is 13.1 Å². The number of nitrogens with zero attached hydrogens (tertiary/aromatic N) is 1. The smallest absolute Gasteiger partial charge is 0.335 e. The average molecular weight is 261 g/mol. The van der Waals surface area contributed by atoms with Gasteiger partial charge in [-0.1, -0.05) is 31.9 Å². The van der Waals surface area contributed by atoms with Crippen molar-refractivity contribution in [3.05, 3.63) is 35.4 Å². The van der Waals surface area contributed by atoms with Crippen LogP contribution in [0.1, 0.15) is 61.0 Å². The monoisotopic (exact) mass is 261 g/mol. The molecule has 0 amide bonds. The maximum atomic E-state index is 10.9. The van der Waals surface area contributed by atoms with Crippen LogP contribution in [-0.2, 0) is 0 Å². The van der Waals surface area contributed by atoms with Crippen LogP contribution in [0, 0.1) is 0 Å². The van der Waals surface area contributed by atoms with Gasteiger partial charge in [-0.05, 0) is 50.0 Å². The Balaban J connectivity index is 2.10. The molecule has 1 atom stereocenters. The Morgan fingerprint density at radius 2 is 2.05 bits per heavy atom. The lowest BCUT2D eigenvalue weighted by Crippen LogP contribution is -2.34. The summed E-state index contributed by atoms with van der Waals surface area (Å²) in [6, 6.07) is 7.90. The number of aromatic carboxylic acids is 1. The first-order valence-electron chi connectivity index (χ1n) is 7.29. The molecule has 1 aromatic carbocycles. The van der Waals surface area contributed by atoms with Gasteiger partial charge in [0.1, 0.15) is 0 Å². The molecule has 1 N–H and O–H groups in total. The Bertz CT molecular complexity index is 413. The predicted octanol–water partition coefficient (Wildman–Crippen LogP) is 3.71. The van der Waals surface area contributed by atoms with Crippen molar-refractivity contribution in [2.45, 2.75) is 45.1 Å². The molecule has 19 heavy (non-hydrogen) atoms. The normalized spacial score (nSPS) is 20.4. The van der Waals surface area contributed by atoms with Gasteiger partial charge >= 0.3 is 5.97 Å². The second-order valence-corrected chi connectivity index (χ2v) is 5.33. The van der Waals surface area contributed by atoms with E-state index in [0.29, 0.717) is 11.6 Å². The number of piperidine rings is 1. The molecule has 0 aliphatic carbocycles. The fourth-order valence-corrected chi connectivity index (χ4v) is 2.85. The number of rotatable bonds is 5. The van der Waals surface area contributed by atoms with Gasteiger partial charge in [0, 0.05) is 6.04 Å². The molecule has 0 bridgehead atoms. The van der Waals surface area contributed by atoms with Gasteiger partial charge < -0.3 is 5.11 Å². The van der Waals surface area contributed by atoms with Crippen LogP contribution in [0.25, 0.3) is 0 Å². The Morgan fingerprint density at radius 1 is 1.32 bits per heavy atom. The minimum Gasteiger partial charge on any atom is -0.478 e. The average Bonchev–Trinajstić information content (AvgIpc) is 2.45. The number of carbonyl (C=O) groups is 1. The summed E-state index contributed by atoms with van der Waals surface area (Å²) in [4.78, 5) is 13.4. The fraction of sp³-hybridized carbons (Fsp3) is 0.562. The van der Waals surface area contributed by atoms with E-state index in [4.69, 9.17) is 5.11 Å². The van der Waals surface area contributed by atoms with Crippen molar-refractivity contribution >= 4 is 5.97 Å². The van der Waals surface area contributed by atoms with Gasteiger partial charge in [-0.2, -0.15) is 0 Å². The van der Waals surface area contributed by atoms with Gasteiger partial charge in [0.25, 0.3) is 0 Å². The van der Waals surface area contributed by atoms with Crippen LogP contribution in [0.3, 0.4) is 0 Å². The van der Waals surface area contributed by atoms with Crippen molar-refractivity contribution in [1.29, 1.82) is 0 Å². The quantitative estimate of drug-likeness (QED) is 0.878. The molecule has 1 aliphatic heterocycles. The van der Waals surface area contributed by atoms with Crippen LogP contribution >= 0.6 is 0 Å². The molecular formula is C16H23NO2. The van der Waals surface area contributed by atoms with Gasteiger partial charge in [0.2, 0.25) is 0 Å². The van der Waals surface area contributed by atoms with E-state index < -0.39 is 5.97 Å². The maximum Gasteiger partial charge on any atom is 0.335 e. The summed E-state index contributed by atoms with van der Waals surface area (Å²) in [6.45, 7) is 4.55. The van der Waals surface area contributed by atoms with Crippen LogP contribution in [0.4, 0.5) is 0 Å². The second-order valence-electron chi connectivity index (χ2n) is 5.33. The number of benzene rings is 1. The number of carboxylic acid groups (broad SMARTS) is 1. The highest BCUT2D eigenvalue weighted by atomic mass is 16.4. The molecule has 104 valence electrons. The van der Waals surface area contributed by atoms with E-state index in [9.17, 15) is 4.79 Å². The molecule has 3 heteroatoms. The van der Waals surface area contributed by atoms with Crippen molar-refractivity contribution in [3.8, 4) is 0 Å². The Hall–Kier alpha value is -1.35. The van der Waals surface area contributed by atoms with E-state index in [1.54, 1.807) is 12.1 Å². The fourth-order valence-electron chi connectivity index (χ4n) is 2.85. The lowest BCUT2D eigenvalue weighted by Gasteiger charge is -2.36. The SMILES string of the molecule is CCCCN1CCCCC1c1ccc(C(=O)O)cc1. The molecule has 0 saturated carbocycles. The van der Waals surface area contributed by atoms with Crippen molar-refractivity contribution in [1.82, 2.24) is 4.90 Å². The van der Waals surface area contributed by atoms with Gasteiger partial charge in [-0.3, -0.25) is 4.90 Å². The van der Waals surface area contributed by atoms with Crippen molar-refractivity contribution in [3.63, 3.8) is 0 Å². The lowest BCUT2D eigenvalue weighted by molar-refractivity contribution is 0.0696. The standard InChI is InChI=1S/C16H23NO2/c1-2-3-11-17-12-5-4-6-15(17)13-7-9-14(10-8-13)16(18)19/h7-10,15H,2-6,11-12H2,1H3,(H,18,19). The third-order valence-electron chi connectivity index (χ3n) is 3.95. The number of hydrogen-bond donors (Lipinski definition) is 1. The molecule has 1 aromatic rings. The second kappa shape index (κ2) is 6.71. The number of likely N-dealkylation sites (tertiary alicyclic amines) is 1. The molecule has 2 rings (SSSR count). The van der Waals surface area contributed by atoms with Crippen molar-refractivity contribution in [2.24, 2.45) is 0 Å². The minimum atomic E-state index is -0.849. The molecule has 0 spiro atoms. The summed E-state index contributed by atoms with van der Waals surface area (Å²) in [6.07, 6.45) is 6.21. The summed E-state index contributed by atoms with van der Waals surface area (Å²) in [5.41, 5.74) is 1.64. The van der Waals surface area contributed by atoms with Gasteiger partial charge in [-0.25, -0.2) is 4.79 Å². The Labute approximate surface area is 115 Å². The first kappa shape index (κ1) is 14.1. The van der Waals surface area contributed by atoms with E-state index >= 15 is 0 Å². The molecule has 1 fully saturated rings. The van der Waals surface area contributed by atoms with Gasteiger partial charge in [0.15, 0.2) is 0 Å². The number of carboxylic acids is 1. The van der Waals surface area contributed by atoms with E-state index in [1.165, 1.54) is 44.2 Å². The van der Waals surface area contributed by atoms with Crippen molar-refractivity contribution < 1.29 is 9.90 Å². The Kier molecular flexibility index (Phi) is 4.97. The first-order valence-corrected chi connectivity index (χ1v) is 7.29. The highest BCUT2D eigenvalue weighted by molar-refractivity contribution is 5.87. The Morgan fingerprint density at radius 3 is 2.68 bits per heavy atom. The van der Waals surface area contributed by atoms with Gasteiger partial charge in [0.05, 0.1) is 5.56 Å². The molecule has 1 unspecified atom stereocenters. The summed E-state index contributed by atoms with van der Waals surface area (Å²) in [7, 11) is 0. The molecular weight excluding hydrogens is 238 g/mol. The van der Waals surface area contributed by atoms with Crippen LogP contribution in [0.5, 0.6) is 0 Å². The largest absolute Gasteiger partial charge is 0.478 e. The third-order valence-corrected chi connectivity index (χ3v) is 3.95. The molecule has 1 heterocycles. The van der Waals surface area contributed by atoms with E-state index in [2.05, 4.69) is 11.8 Å². The first-order chi connectivity index (χ1) is 9.22. The summed E-state index contributed by atoms with van der Waals surface area (Å²) in [5, 5.41) is 8.94. The highest BCUT2D eigenvalue weighted by Crippen LogP contribution is 2.31. The number of hydrogen-bond acceptors (Lipinski definition) is 2. The zero-order valence-corrected chi connectivity index (χ0v) is 11.6.